The summed E-state index contributed by atoms with van der Waals surface area (Å²) < 4.78 is 1.88. The number of amides is 1. The average molecular weight is 353 g/mol. The molecular weight excluding hydrogens is 330 g/mol. The maximum absolute atomic E-state index is 12.8. The zero-order valence-corrected chi connectivity index (χ0v) is 15.3. The summed E-state index contributed by atoms with van der Waals surface area (Å²) in [5, 5.41) is 2.96. The molecule has 0 spiro atoms. The standard InChI is InChI=1S/C19H23N5O2/c1-11-4-16(22-19(20-3)21-11)14-6-17-15-5-13(8-23(10-15)12(2)25)9-24(17)18(26)7-14/h4,6-7,13,15H,5,8-10H2,1-3H3,(H,20,21,22)/t13-,15+/m0/s1. The summed E-state index contributed by atoms with van der Waals surface area (Å²) in [6.07, 6.45) is 1.03. The van der Waals surface area contributed by atoms with Crippen molar-refractivity contribution in [3.05, 3.63) is 39.9 Å². The molecule has 2 aliphatic heterocycles. The van der Waals surface area contributed by atoms with Crippen molar-refractivity contribution in [2.24, 2.45) is 5.92 Å². The van der Waals surface area contributed by atoms with Crippen LogP contribution < -0.4 is 10.9 Å². The van der Waals surface area contributed by atoms with E-state index in [4.69, 9.17) is 0 Å². The SMILES string of the molecule is CNc1nc(C)cc(-c2cc3n(c(=O)c2)C[C@H]2C[C@@H]3CN(C(C)=O)C2)n1. The molecule has 4 heterocycles. The van der Waals surface area contributed by atoms with Crippen molar-refractivity contribution in [1.82, 2.24) is 19.4 Å². The number of nitrogens with zero attached hydrogens (tertiary/aromatic N) is 4. The molecule has 136 valence electrons. The molecule has 2 bridgehead atoms. The van der Waals surface area contributed by atoms with E-state index in [1.807, 2.05) is 22.5 Å². The maximum atomic E-state index is 12.8. The number of nitrogens with one attached hydrogen (secondary N) is 1. The van der Waals surface area contributed by atoms with E-state index < -0.39 is 0 Å². The number of hydrogen-bond acceptors (Lipinski definition) is 5. The molecule has 4 rings (SSSR count). The molecule has 0 aromatic carbocycles. The lowest BCUT2D eigenvalue weighted by atomic mass is 9.82. The smallest absolute Gasteiger partial charge is 0.251 e. The lowest BCUT2D eigenvalue weighted by molar-refractivity contribution is -0.131. The average Bonchev–Trinajstić information content (AvgIpc) is 2.61. The minimum atomic E-state index is 0.00532. The van der Waals surface area contributed by atoms with Gasteiger partial charge in [-0.05, 0) is 31.4 Å². The molecule has 7 heteroatoms. The summed E-state index contributed by atoms with van der Waals surface area (Å²) in [5.74, 6) is 1.20. The third-order valence-corrected chi connectivity index (χ3v) is 5.38. The molecule has 0 unspecified atom stereocenters. The monoisotopic (exact) mass is 353 g/mol. The Labute approximate surface area is 152 Å². The van der Waals surface area contributed by atoms with Gasteiger partial charge in [0.2, 0.25) is 11.9 Å². The summed E-state index contributed by atoms with van der Waals surface area (Å²) in [4.78, 5) is 35.3. The van der Waals surface area contributed by atoms with Crippen molar-refractivity contribution in [1.29, 1.82) is 0 Å². The minimum absolute atomic E-state index is 0.00532. The van der Waals surface area contributed by atoms with Crippen molar-refractivity contribution >= 4 is 11.9 Å². The van der Waals surface area contributed by atoms with Gasteiger partial charge in [-0.15, -0.1) is 0 Å². The van der Waals surface area contributed by atoms with Gasteiger partial charge in [0.15, 0.2) is 0 Å². The van der Waals surface area contributed by atoms with Crippen LogP contribution in [0.5, 0.6) is 0 Å². The van der Waals surface area contributed by atoms with Crippen molar-refractivity contribution in [3.63, 3.8) is 0 Å². The van der Waals surface area contributed by atoms with Gasteiger partial charge in [-0.3, -0.25) is 9.59 Å². The number of aromatic nitrogens is 3. The van der Waals surface area contributed by atoms with Gasteiger partial charge in [0.25, 0.3) is 5.56 Å². The quantitative estimate of drug-likeness (QED) is 0.887. The number of anilines is 1. The highest BCUT2D eigenvalue weighted by Gasteiger charge is 2.35. The molecule has 1 saturated heterocycles. The van der Waals surface area contributed by atoms with Gasteiger partial charge in [0, 0.05) is 62.5 Å². The number of hydrogen-bond donors (Lipinski definition) is 1. The second-order valence-corrected chi connectivity index (χ2v) is 7.31. The van der Waals surface area contributed by atoms with Crippen molar-refractivity contribution < 1.29 is 4.79 Å². The fourth-order valence-corrected chi connectivity index (χ4v) is 4.19. The third kappa shape index (κ3) is 2.87. The number of pyridine rings is 1. The van der Waals surface area contributed by atoms with Crippen LogP contribution in [0.1, 0.15) is 30.7 Å². The highest BCUT2D eigenvalue weighted by Crippen LogP contribution is 2.36. The number of likely N-dealkylation sites (tertiary alicyclic amines) is 1. The van der Waals surface area contributed by atoms with Gasteiger partial charge in [-0.25, -0.2) is 9.97 Å². The third-order valence-electron chi connectivity index (χ3n) is 5.38. The number of rotatable bonds is 2. The molecule has 0 aliphatic carbocycles. The largest absolute Gasteiger partial charge is 0.357 e. The number of aryl methyl sites for hydroxylation is 1. The highest BCUT2D eigenvalue weighted by molar-refractivity contribution is 5.73. The molecule has 2 aromatic rings. The van der Waals surface area contributed by atoms with Crippen LogP contribution in [0.2, 0.25) is 0 Å². The Bertz CT molecular complexity index is 936. The zero-order chi connectivity index (χ0) is 18.4. The fraction of sp³-hybridized carbons (Fsp3) is 0.474. The van der Waals surface area contributed by atoms with E-state index in [0.717, 1.165) is 35.6 Å². The zero-order valence-electron chi connectivity index (χ0n) is 15.3. The summed E-state index contributed by atoms with van der Waals surface area (Å²) in [6.45, 7) is 5.63. The van der Waals surface area contributed by atoms with Crippen molar-refractivity contribution in [2.75, 3.05) is 25.5 Å². The topological polar surface area (TPSA) is 80.1 Å². The molecule has 1 N–H and O–H groups in total. The fourth-order valence-electron chi connectivity index (χ4n) is 4.19. The molecule has 2 atom stereocenters. The number of piperidine rings is 1. The lowest BCUT2D eigenvalue weighted by Gasteiger charge is -2.42. The number of fused-ring (bicyclic) bond motifs is 4. The van der Waals surface area contributed by atoms with Crippen LogP contribution in [-0.2, 0) is 11.3 Å². The van der Waals surface area contributed by atoms with E-state index >= 15 is 0 Å². The lowest BCUT2D eigenvalue weighted by Crippen LogP contribution is -2.48. The molecule has 2 aliphatic rings. The minimum Gasteiger partial charge on any atom is -0.357 e. The summed E-state index contributed by atoms with van der Waals surface area (Å²) in [5.41, 5.74) is 3.41. The first kappa shape index (κ1) is 16.8. The van der Waals surface area contributed by atoms with E-state index in [0.29, 0.717) is 25.0 Å². The normalized spacial score (nSPS) is 21.3. The van der Waals surface area contributed by atoms with Crippen LogP contribution in [0.3, 0.4) is 0 Å². The number of carbonyl (C=O) groups is 1. The van der Waals surface area contributed by atoms with Gasteiger partial charge in [0.1, 0.15) is 0 Å². The summed E-state index contributed by atoms with van der Waals surface area (Å²) in [6, 6.07) is 5.61. The van der Waals surface area contributed by atoms with Crippen LogP contribution in [-0.4, -0.2) is 45.5 Å². The summed E-state index contributed by atoms with van der Waals surface area (Å²) in [7, 11) is 1.78. The molecular formula is C19H23N5O2. The van der Waals surface area contributed by atoms with Gasteiger partial charge in [-0.2, -0.15) is 0 Å². The van der Waals surface area contributed by atoms with Crippen molar-refractivity contribution in [2.45, 2.75) is 32.7 Å². The van der Waals surface area contributed by atoms with Crippen LogP contribution >= 0.6 is 0 Å². The summed E-state index contributed by atoms with van der Waals surface area (Å²) >= 11 is 0. The number of carbonyl (C=O) groups excluding carboxylic acids is 1. The molecule has 0 saturated carbocycles. The van der Waals surface area contributed by atoms with Gasteiger partial charge in [0.05, 0.1) is 5.69 Å². The van der Waals surface area contributed by atoms with E-state index in [1.54, 1.807) is 20.0 Å². The van der Waals surface area contributed by atoms with Gasteiger partial charge in [-0.1, -0.05) is 0 Å². The first-order chi connectivity index (χ1) is 12.4. The van der Waals surface area contributed by atoms with Gasteiger partial charge >= 0.3 is 0 Å². The molecule has 2 aromatic heterocycles. The Hall–Kier alpha value is -2.70. The van der Waals surface area contributed by atoms with Crippen LogP contribution in [0.4, 0.5) is 5.95 Å². The molecule has 1 fully saturated rings. The van der Waals surface area contributed by atoms with Crippen LogP contribution in [0, 0.1) is 12.8 Å². The van der Waals surface area contributed by atoms with E-state index in [1.165, 1.54) is 0 Å². The predicted octanol–water partition coefficient (Wildman–Crippen LogP) is 1.62. The Morgan fingerprint density at radius 1 is 1.19 bits per heavy atom. The molecule has 7 nitrogen and oxygen atoms in total. The first-order valence-corrected chi connectivity index (χ1v) is 8.98. The maximum Gasteiger partial charge on any atom is 0.251 e. The molecule has 1 amide bonds. The second kappa shape index (κ2) is 6.23. The van der Waals surface area contributed by atoms with Crippen LogP contribution in [0.25, 0.3) is 11.3 Å². The second-order valence-electron chi connectivity index (χ2n) is 7.31. The Balaban J connectivity index is 1.79. The van der Waals surface area contributed by atoms with Crippen molar-refractivity contribution in [3.8, 4) is 11.3 Å². The van der Waals surface area contributed by atoms with E-state index in [9.17, 15) is 9.59 Å². The van der Waals surface area contributed by atoms with E-state index in [-0.39, 0.29) is 17.4 Å². The van der Waals surface area contributed by atoms with Crippen LogP contribution in [0.15, 0.2) is 23.0 Å². The first-order valence-electron chi connectivity index (χ1n) is 8.98. The van der Waals surface area contributed by atoms with E-state index in [2.05, 4.69) is 21.4 Å². The Morgan fingerprint density at radius 2 is 2.00 bits per heavy atom. The highest BCUT2D eigenvalue weighted by atomic mass is 16.2. The Kier molecular flexibility index (Phi) is 4.01. The van der Waals surface area contributed by atoms with Gasteiger partial charge < -0.3 is 14.8 Å². The Morgan fingerprint density at radius 3 is 2.73 bits per heavy atom. The molecule has 0 radical (unpaired) electrons. The predicted molar refractivity (Wildman–Crippen MR) is 99.1 cm³/mol. The molecule has 26 heavy (non-hydrogen) atoms.